The van der Waals surface area contributed by atoms with Gasteiger partial charge in [-0.15, -0.1) is 0 Å². The first-order valence-corrected chi connectivity index (χ1v) is 5.76. The summed E-state index contributed by atoms with van der Waals surface area (Å²) >= 11 is 3.32. The van der Waals surface area contributed by atoms with E-state index in [0.29, 0.717) is 18.7 Å². The molecule has 1 heterocycles. The zero-order valence-corrected chi connectivity index (χ0v) is 10.2. The molecule has 16 heavy (non-hydrogen) atoms. The van der Waals surface area contributed by atoms with Crippen molar-refractivity contribution in [1.29, 1.82) is 0 Å². The molecular weight excluding hydrogens is 272 g/mol. The SMILES string of the molecule is O=Cc1cc(Br)ccc1N1CCNC(=O)C1. The average Bonchev–Trinajstić information content (AvgIpc) is 2.28. The van der Waals surface area contributed by atoms with Crippen molar-refractivity contribution in [3.8, 4) is 0 Å². The van der Waals surface area contributed by atoms with E-state index in [-0.39, 0.29) is 5.91 Å². The molecule has 1 aliphatic heterocycles. The third-order valence-corrected chi connectivity index (χ3v) is 2.99. The zero-order valence-electron chi connectivity index (χ0n) is 8.57. The van der Waals surface area contributed by atoms with E-state index in [0.717, 1.165) is 23.0 Å². The van der Waals surface area contributed by atoms with Crippen LogP contribution in [0.1, 0.15) is 10.4 Å². The van der Waals surface area contributed by atoms with Crippen LogP contribution in [0.15, 0.2) is 22.7 Å². The van der Waals surface area contributed by atoms with Crippen LogP contribution in [-0.2, 0) is 4.79 Å². The molecule has 0 atom stereocenters. The summed E-state index contributed by atoms with van der Waals surface area (Å²) in [5.41, 5.74) is 1.41. The Bertz CT molecular complexity index is 434. The number of hydrogen-bond donors (Lipinski definition) is 1. The highest BCUT2D eigenvalue weighted by atomic mass is 79.9. The molecule has 1 amide bonds. The standard InChI is InChI=1S/C11H11BrN2O2/c12-9-1-2-10(8(5-9)7-15)14-4-3-13-11(16)6-14/h1-2,5,7H,3-4,6H2,(H,13,16). The van der Waals surface area contributed by atoms with Crippen molar-refractivity contribution < 1.29 is 9.59 Å². The molecule has 1 aromatic carbocycles. The minimum absolute atomic E-state index is 0.00832. The summed E-state index contributed by atoms with van der Waals surface area (Å²) in [4.78, 5) is 24.1. The number of benzene rings is 1. The Balaban J connectivity index is 2.31. The number of carbonyl (C=O) groups is 2. The Hall–Kier alpha value is -1.36. The molecule has 1 aliphatic rings. The van der Waals surface area contributed by atoms with E-state index >= 15 is 0 Å². The molecule has 1 aromatic rings. The summed E-state index contributed by atoms with van der Waals surface area (Å²) in [5, 5.41) is 2.75. The van der Waals surface area contributed by atoms with Crippen molar-refractivity contribution in [2.75, 3.05) is 24.5 Å². The van der Waals surface area contributed by atoms with Crippen LogP contribution in [0.5, 0.6) is 0 Å². The monoisotopic (exact) mass is 282 g/mol. The number of hydrogen-bond acceptors (Lipinski definition) is 3. The van der Waals surface area contributed by atoms with Crippen LogP contribution >= 0.6 is 15.9 Å². The number of aldehydes is 1. The molecule has 0 aromatic heterocycles. The van der Waals surface area contributed by atoms with Crippen molar-refractivity contribution in [2.45, 2.75) is 0 Å². The van der Waals surface area contributed by atoms with E-state index in [1.54, 1.807) is 6.07 Å². The number of piperazine rings is 1. The first kappa shape index (κ1) is 11.1. The molecular formula is C11H11BrN2O2. The Morgan fingerprint density at radius 1 is 1.44 bits per heavy atom. The van der Waals surface area contributed by atoms with Crippen LogP contribution in [0.2, 0.25) is 0 Å². The predicted octanol–water partition coefficient (Wildman–Crippen LogP) is 1.20. The fourth-order valence-electron chi connectivity index (χ4n) is 1.75. The van der Waals surface area contributed by atoms with Crippen molar-refractivity contribution >= 4 is 33.8 Å². The fraction of sp³-hybridized carbons (Fsp3) is 0.273. The number of halogens is 1. The maximum atomic E-state index is 11.3. The van der Waals surface area contributed by atoms with Gasteiger partial charge in [-0.25, -0.2) is 0 Å². The summed E-state index contributed by atoms with van der Waals surface area (Å²) in [6.45, 7) is 1.66. The van der Waals surface area contributed by atoms with E-state index < -0.39 is 0 Å². The molecule has 0 radical (unpaired) electrons. The van der Waals surface area contributed by atoms with E-state index in [1.165, 1.54) is 0 Å². The molecule has 1 saturated heterocycles. The minimum atomic E-state index is -0.00832. The summed E-state index contributed by atoms with van der Waals surface area (Å²) in [6, 6.07) is 5.48. The van der Waals surface area contributed by atoms with Gasteiger partial charge in [0.15, 0.2) is 6.29 Å². The molecule has 4 nitrogen and oxygen atoms in total. The van der Waals surface area contributed by atoms with Crippen LogP contribution < -0.4 is 10.2 Å². The van der Waals surface area contributed by atoms with E-state index in [1.807, 2.05) is 17.0 Å². The Morgan fingerprint density at radius 3 is 2.94 bits per heavy atom. The third kappa shape index (κ3) is 2.24. The largest absolute Gasteiger partial charge is 0.360 e. The molecule has 0 aliphatic carbocycles. The van der Waals surface area contributed by atoms with Crippen molar-refractivity contribution in [2.24, 2.45) is 0 Å². The number of anilines is 1. The molecule has 1 fully saturated rings. The van der Waals surface area contributed by atoms with Gasteiger partial charge in [0.2, 0.25) is 5.91 Å². The van der Waals surface area contributed by atoms with Gasteiger partial charge in [0, 0.05) is 28.8 Å². The lowest BCUT2D eigenvalue weighted by molar-refractivity contribution is -0.120. The number of carbonyl (C=O) groups excluding carboxylic acids is 2. The van der Waals surface area contributed by atoms with Gasteiger partial charge in [-0.3, -0.25) is 9.59 Å². The van der Waals surface area contributed by atoms with Crippen molar-refractivity contribution in [1.82, 2.24) is 5.32 Å². The predicted molar refractivity (Wildman–Crippen MR) is 64.8 cm³/mol. The molecule has 0 bridgehead atoms. The first-order chi connectivity index (χ1) is 7.70. The summed E-state index contributed by atoms with van der Waals surface area (Å²) in [5.74, 6) is -0.00832. The van der Waals surface area contributed by atoms with Gasteiger partial charge < -0.3 is 10.2 Å². The van der Waals surface area contributed by atoms with E-state index in [2.05, 4.69) is 21.2 Å². The highest BCUT2D eigenvalue weighted by molar-refractivity contribution is 9.10. The molecule has 84 valence electrons. The first-order valence-electron chi connectivity index (χ1n) is 4.97. The number of nitrogens with one attached hydrogen (secondary N) is 1. The topological polar surface area (TPSA) is 49.4 Å². The van der Waals surface area contributed by atoms with Gasteiger partial charge in [-0.2, -0.15) is 0 Å². The zero-order chi connectivity index (χ0) is 11.5. The molecule has 0 unspecified atom stereocenters. The Morgan fingerprint density at radius 2 is 2.25 bits per heavy atom. The second-order valence-electron chi connectivity index (χ2n) is 3.59. The van der Waals surface area contributed by atoms with Gasteiger partial charge >= 0.3 is 0 Å². The molecule has 5 heteroatoms. The second-order valence-corrected chi connectivity index (χ2v) is 4.51. The fourth-order valence-corrected chi connectivity index (χ4v) is 2.13. The lowest BCUT2D eigenvalue weighted by Crippen LogP contribution is -2.48. The summed E-state index contributed by atoms with van der Waals surface area (Å²) in [6.07, 6.45) is 0.812. The normalized spacial score (nSPS) is 15.8. The number of amides is 1. The van der Waals surface area contributed by atoms with Gasteiger partial charge in [0.25, 0.3) is 0 Å². The highest BCUT2D eigenvalue weighted by Gasteiger charge is 2.18. The maximum absolute atomic E-state index is 11.3. The quantitative estimate of drug-likeness (QED) is 0.830. The molecule has 0 spiro atoms. The lowest BCUT2D eigenvalue weighted by Gasteiger charge is -2.29. The molecule has 0 saturated carbocycles. The van der Waals surface area contributed by atoms with Crippen LogP contribution in [0.3, 0.4) is 0 Å². The summed E-state index contributed by atoms with van der Waals surface area (Å²) < 4.78 is 0.861. The van der Waals surface area contributed by atoms with Crippen LogP contribution in [0, 0.1) is 0 Å². The summed E-state index contributed by atoms with van der Waals surface area (Å²) in [7, 11) is 0. The van der Waals surface area contributed by atoms with Gasteiger partial charge in [0.1, 0.15) is 0 Å². The minimum Gasteiger partial charge on any atom is -0.360 e. The van der Waals surface area contributed by atoms with Crippen LogP contribution in [0.25, 0.3) is 0 Å². The van der Waals surface area contributed by atoms with Crippen LogP contribution in [-0.4, -0.2) is 31.8 Å². The van der Waals surface area contributed by atoms with Crippen LogP contribution in [0.4, 0.5) is 5.69 Å². The second kappa shape index (κ2) is 4.65. The van der Waals surface area contributed by atoms with Gasteiger partial charge in [-0.1, -0.05) is 15.9 Å². The Labute approximate surface area is 102 Å². The molecule has 1 N–H and O–H groups in total. The maximum Gasteiger partial charge on any atom is 0.239 e. The lowest BCUT2D eigenvalue weighted by atomic mass is 10.1. The third-order valence-electron chi connectivity index (χ3n) is 2.50. The van der Waals surface area contributed by atoms with Gasteiger partial charge in [-0.05, 0) is 18.2 Å². The highest BCUT2D eigenvalue weighted by Crippen LogP contribution is 2.23. The number of nitrogens with zero attached hydrogens (tertiary/aromatic N) is 1. The van der Waals surface area contributed by atoms with E-state index in [4.69, 9.17) is 0 Å². The van der Waals surface area contributed by atoms with Crippen molar-refractivity contribution in [3.63, 3.8) is 0 Å². The average molecular weight is 283 g/mol. The number of rotatable bonds is 2. The van der Waals surface area contributed by atoms with Gasteiger partial charge in [0.05, 0.1) is 6.54 Å². The smallest absolute Gasteiger partial charge is 0.239 e. The Kier molecular flexibility index (Phi) is 3.24. The molecule has 2 rings (SSSR count). The van der Waals surface area contributed by atoms with E-state index in [9.17, 15) is 9.59 Å². The van der Waals surface area contributed by atoms with Crippen molar-refractivity contribution in [3.05, 3.63) is 28.2 Å².